The number of hydrogen-bond acceptors (Lipinski definition) is 5. The minimum Gasteiger partial charge on any atom is -0.493 e. The normalized spacial score (nSPS) is 10.2. The fraction of sp³-hybridized carbons (Fsp3) is 0.533. The molecule has 0 aliphatic carbocycles. The Balaban J connectivity index is 2.34. The van der Waals surface area contributed by atoms with E-state index in [1.165, 1.54) is 0 Å². The van der Waals surface area contributed by atoms with Gasteiger partial charge in [-0.15, -0.1) is 0 Å². The van der Waals surface area contributed by atoms with Crippen LogP contribution in [0.2, 0.25) is 0 Å². The smallest absolute Gasteiger partial charge is 0.225 e. The van der Waals surface area contributed by atoms with Crippen LogP contribution in [0.15, 0.2) is 18.2 Å². The van der Waals surface area contributed by atoms with Gasteiger partial charge in [-0.1, -0.05) is 0 Å². The molecule has 0 aromatic heterocycles. The molecule has 0 heterocycles. The molecule has 0 saturated carbocycles. The van der Waals surface area contributed by atoms with Crippen LogP contribution in [0.4, 0.5) is 5.69 Å². The van der Waals surface area contributed by atoms with Crippen LogP contribution in [-0.2, 0) is 9.53 Å². The number of carbonyl (C=O) groups is 1. The van der Waals surface area contributed by atoms with E-state index in [9.17, 15) is 4.79 Å². The van der Waals surface area contributed by atoms with E-state index in [0.29, 0.717) is 30.2 Å². The van der Waals surface area contributed by atoms with E-state index in [1.807, 2.05) is 0 Å². The zero-order chi connectivity index (χ0) is 15.5. The Morgan fingerprint density at radius 3 is 2.52 bits per heavy atom. The summed E-state index contributed by atoms with van der Waals surface area (Å²) in [6.45, 7) is 2.21. The van der Waals surface area contributed by atoms with Crippen molar-refractivity contribution in [2.75, 3.05) is 46.3 Å². The summed E-state index contributed by atoms with van der Waals surface area (Å²) in [5, 5.41) is 6.02. The average molecular weight is 296 g/mol. The van der Waals surface area contributed by atoms with E-state index in [2.05, 4.69) is 10.6 Å². The van der Waals surface area contributed by atoms with Gasteiger partial charge in [-0.3, -0.25) is 4.79 Å². The summed E-state index contributed by atoms with van der Waals surface area (Å²) in [4.78, 5) is 11.8. The minimum absolute atomic E-state index is 0.0403. The molecule has 0 atom stereocenters. The maximum absolute atomic E-state index is 11.8. The van der Waals surface area contributed by atoms with Crippen LogP contribution in [0.5, 0.6) is 11.5 Å². The van der Waals surface area contributed by atoms with Gasteiger partial charge in [-0.25, -0.2) is 0 Å². The molecule has 1 aromatic rings. The Kier molecular flexibility index (Phi) is 8.23. The van der Waals surface area contributed by atoms with Crippen LogP contribution in [0.1, 0.15) is 12.8 Å². The third-order valence-electron chi connectivity index (χ3n) is 2.90. The fourth-order valence-electron chi connectivity index (χ4n) is 1.81. The molecule has 0 unspecified atom stereocenters. The lowest BCUT2D eigenvalue weighted by molar-refractivity contribution is -0.116. The quantitative estimate of drug-likeness (QED) is 0.643. The first-order chi connectivity index (χ1) is 10.2. The standard InChI is InChI=1S/C15H24N2O4/c1-19-10-4-8-16-9-7-15(18)17-12-5-6-13(20-2)14(11-12)21-3/h5-6,11,16H,4,7-10H2,1-3H3,(H,17,18). The molecule has 0 radical (unpaired) electrons. The summed E-state index contributed by atoms with van der Waals surface area (Å²) in [6.07, 6.45) is 1.36. The van der Waals surface area contributed by atoms with Crippen molar-refractivity contribution in [3.63, 3.8) is 0 Å². The third-order valence-corrected chi connectivity index (χ3v) is 2.90. The molecule has 1 amide bonds. The Labute approximate surface area is 125 Å². The zero-order valence-corrected chi connectivity index (χ0v) is 12.9. The first kappa shape index (κ1) is 17.3. The second kappa shape index (κ2) is 10.0. The number of hydrogen-bond donors (Lipinski definition) is 2. The molecule has 0 bridgehead atoms. The Bertz CT molecular complexity index is 438. The predicted octanol–water partition coefficient (Wildman–Crippen LogP) is 1.66. The van der Waals surface area contributed by atoms with E-state index < -0.39 is 0 Å². The van der Waals surface area contributed by atoms with Gasteiger partial charge < -0.3 is 24.8 Å². The van der Waals surface area contributed by atoms with Crippen molar-refractivity contribution < 1.29 is 19.0 Å². The first-order valence-electron chi connectivity index (χ1n) is 6.92. The summed E-state index contributed by atoms with van der Waals surface area (Å²) in [5.74, 6) is 1.18. The van der Waals surface area contributed by atoms with Gasteiger partial charge in [0.2, 0.25) is 5.91 Å². The van der Waals surface area contributed by atoms with Gasteiger partial charge >= 0.3 is 0 Å². The molecular formula is C15H24N2O4. The molecular weight excluding hydrogens is 272 g/mol. The highest BCUT2D eigenvalue weighted by atomic mass is 16.5. The van der Waals surface area contributed by atoms with Crippen LogP contribution in [0.3, 0.4) is 0 Å². The van der Waals surface area contributed by atoms with E-state index in [-0.39, 0.29) is 5.91 Å². The minimum atomic E-state index is -0.0403. The van der Waals surface area contributed by atoms with Crippen molar-refractivity contribution in [1.82, 2.24) is 5.32 Å². The van der Waals surface area contributed by atoms with Crippen LogP contribution >= 0.6 is 0 Å². The molecule has 1 aromatic carbocycles. The number of anilines is 1. The molecule has 0 spiro atoms. The summed E-state index contributed by atoms with van der Waals surface area (Å²) in [6, 6.07) is 5.28. The lowest BCUT2D eigenvalue weighted by Gasteiger charge is -2.10. The Hall–Kier alpha value is -1.79. The summed E-state index contributed by atoms with van der Waals surface area (Å²) in [7, 11) is 4.81. The fourth-order valence-corrected chi connectivity index (χ4v) is 1.81. The molecule has 21 heavy (non-hydrogen) atoms. The average Bonchev–Trinajstić information content (AvgIpc) is 2.50. The summed E-state index contributed by atoms with van der Waals surface area (Å²) in [5.41, 5.74) is 0.692. The van der Waals surface area contributed by atoms with Crippen LogP contribution in [-0.4, -0.2) is 46.9 Å². The molecule has 0 aliphatic heterocycles. The first-order valence-corrected chi connectivity index (χ1v) is 6.92. The SMILES string of the molecule is COCCCNCCC(=O)Nc1ccc(OC)c(OC)c1. The van der Waals surface area contributed by atoms with Crippen molar-refractivity contribution in [2.24, 2.45) is 0 Å². The summed E-state index contributed by atoms with van der Waals surface area (Å²) >= 11 is 0. The highest BCUT2D eigenvalue weighted by molar-refractivity contribution is 5.91. The largest absolute Gasteiger partial charge is 0.493 e. The Morgan fingerprint density at radius 2 is 1.86 bits per heavy atom. The van der Waals surface area contributed by atoms with E-state index >= 15 is 0 Å². The zero-order valence-electron chi connectivity index (χ0n) is 12.9. The Morgan fingerprint density at radius 1 is 1.10 bits per heavy atom. The molecule has 118 valence electrons. The molecule has 6 heteroatoms. The van der Waals surface area contributed by atoms with Crippen molar-refractivity contribution in [1.29, 1.82) is 0 Å². The van der Waals surface area contributed by atoms with Gasteiger partial charge in [0.1, 0.15) is 0 Å². The van der Waals surface area contributed by atoms with Crippen LogP contribution in [0, 0.1) is 0 Å². The number of amides is 1. The second-order valence-electron chi connectivity index (χ2n) is 4.46. The van der Waals surface area contributed by atoms with Crippen molar-refractivity contribution in [3.05, 3.63) is 18.2 Å². The lowest BCUT2D eigenvalue weighted by atomic mass is 10.2. The monoisotopic (exact) mass is 296 g/mol. The molecule has 1 rings (SSSR count). The second-order valence-corrected chi connectivity index (χ2v) is 4.46. The number of benzene rings is 1. The molecule has 2 N–H and O–H groups in total. The van der Waals surface area contributed by atoms with E-state index in [1.54, 1.807) is 39.5 Å². The van der Waals surface area contributed by atoms with Crippen molar-refractivity contribution in [2.45, 2.75) is 12.8 Å². The molecule has 0 fully saturated rings. The third kappa shape index (κ3) is 6.46. The number of ether oxygens (including phenoxy) is 3. The van der Waals surface area contributed by atoms with E-state index in [4.69, 9.17) is 14.2 Å². The van der Waals surface area contributed by atoms with Gasteiger partial charge in [0.05, 0.1) is 14.2 Å². The number of carbonyl (C=O) groups excluding carboxylic acids is 1. The van der Waals surface area contributed by atoms with Gasteiger partial charge in [0.25, 0.3) is 0 Å². The van der Waals surface area contributed by atoms with Gasteiger partial charge in [0.15, 0.2) is 11.5 Å². The van der Waals surface area contributed by atoms with Gasteiger partial charge in [0, 0.05) is 38.4 Å². The molecule has 6 nitrogen and oxygen atoms in total. The van der Waals surface area contributed by atoms with Crippen LogP contribution < -0.4 is 20.1 Å². The molecule has 0 aliphatic rings. The maximum Gasteiger partial charge on any atom is 0.225 e. The highest BCUT2D eigenvalue weighted by Gasteiger charge is 2.07. The van der Waals surface area contributed by atoms with Gasteiger partial charge in [-0.05, 0) is 25.1 Å². The summed E-state index contributed by atoms with van der Waals surface area (Å²) < 4.78 is 15.3. The predicted molar refractivity (Wildman–Crippen MR) is 82.2 cm³/mol. The maximum atomic E-state index is 11.8. The number of methoxy groups -OCH3 is 3. The van der Waals surface area contributed by atoms with E-state index in [0.717, 1.165) is 19.6 Å². The van der Waals surface area contributed by atoms with Crippen molar-refractivity contribution in [3.8, 4) is 11.5 Å². The number of nitrogens with one attached hydrogen (secondary N) is 2. The van der Waals surface area contributed by atoms with Gasteiger partial charge in [-0.2, -0.15) is 0 Å². The van der Waals surface area contributed by atoms with Crippen molar-refractivity contribution >= 4 is 11.6 Å². The molecule has 0 saturated heterocycles. The lowest BCUT2D eigenvalue weighted by Crippen LogP contribution is -2.23. The highest BCUT2D eigenvalue weighted by Crippen LogP contribution is 2.29. The van der Waals surface area contributed by atoms with Crippen LogP contribution in [0.25, 0.3) is 0 Å². The number of rotatable bonds is 10. The topological polar surface area (TPSA) is 68.8 Å².